The molecule has 0 saturated carbocycles. The van der Waals surface area contributed by atoms with Gasteiger partial charge in [0.1, 0.15) is 11.8 Å². The molecule has 1 aromatic carbocycles. The smallest absolute Gasteiger partial charge is 0.305 e. The zero-order chi connectivity index (χ0) is 17.7. The third kappa shape index (κ3) is 3.84. The number of nitrogens with two attached hydrogens (primary N) is 1. The molecule has 1 aliphatic rings. The number of ether oxygens (including phenoxy) is 1. The Balaban J connectivity index is 2.02. The zero-order valence-electron chi connectivity index (χ0n) is 13.7. The number of rotatable bonds is 8. The molecule has 0 bridgehead atoms. The molecule has 7 heteroatoms. The van der Waals surface area contributed by atoms with E-state index < -0.39 is 17.9 Å². The number of aromatic hydroxyl groups is 1. The van der Waals surface area contributed by atoms with Crippen molar-refractivity contribution in [1.82, 2.24) is 4.90 Å². The number of benzene rings is 1. The molecular weight excluding hydrogens is 312 g/mol. The minimum absolute atomic E-state index is 0.00340. The molecule has 0 fully saturated rings. The molecule has 0 saturated heterocycles. The number of unbranched alkanes of at least 4 members (excludes halogenated alkanes) is 1. The van der Waals surface area contributed by atoms with Crippen LogP contribution in [-0.4, -0.2) is 40.4 Å². The zero-order valence-corrected chi connectivity index (χ0v) is 13.7. The molecule has 0 aromatic heterocycles. The Kier molecular flexibility index (Phi) is 5.78. The number of phenolic OH excluding ortho intramolecular Hbond substituents is 1. The van der Waals surface area contributed by atoms with Crippen LogP contribution in [0.3, 0.4) is 0 Å². The number of hydrogen-bond donors (Lipinski definition) is 2. The highest BCUT2D eigenvalue weighted by molar-refractivity contribution is 6.01. The van der Waals surface area contributed by atoms with Crippen molar-refractivity contribution >= 4 is 17.8 Å². The maximum absolute atomic E-state index is 12.4. The molecule has 1 aromatic rings. The Hall–Kier alpha value is -2.57. The van der Waals surface area contributed by atoms with Crippen LogP contribution in [0.25, 0.3) is 0 Å². The van der Waals surface area contributed by atoms with E-state index >= 15 is 0 Å². The van der Waals surface area contributed by atoms with Gasteiger partial charge in [0.05, 0.1) is 13.2 Å². The number of nitrogens with zero attached hydrogens (tertiary/aromatic N) is 1. The SMILES string of the molecule is CCCCOC(=O)CC[C@@H](C(N)=O)N1Cc2c(O)cccc2C1=O. The van der Waals surface area contributed by atoms with Crippen LogP contribution >= 0.6 is 0 Å². The average Bonchev–Trinajstić information content (AvgIpc) is 2.86. The molecule has 2 amide bonds. The van der Waals surface area contributed by atoms with Crippen LogP contribution < -0.4 is 5.73 Å². The number of carbonyl (C=O) groups is 3. The molecule has 0 unspecified atom stereocenters. The van der Waals surface area contributed by atoms with E-state index in [0.29, 0.717) is 17.7 Å². The first kappa shape index (κ1) is 17.8. The maximum Gasteiger partial charge on any atom is 0.305 e. The minimum atomic E-state index is -0.914. The number of phenols is 1. The van der Waals surface area contributed by atoms with E-state index in [0.717, 1.165) is 12.8 Å². The highest BCUT2D eigenvalue weighted by atomic mass is 16.5. The van der Waals surface area contributed by atoms with Gasteiger partial charge in [-0.2, -0.15) is 0 Å². The summed E-state index contributed by atoms with van der Waals surface area (Å²) >= 11 is 0. The van der Waals surface area contributed by atoms with Crippen molar-refractivity contribution in [3.05, 3.63) is 29.3 Å². The van der Waals surface area contributed by atoms with Crippen LogP contribution in [0.5, 0.6) is 5.75 Å². The molecule has 130 valence electrons. The maximum atomic E-state index is 12.4. The summed E-state index contributed by atoms with van der Waals surface area (Å²) in [5.41, 5.74) is 6.24. The van der Waals surface area contributed by atoms with Gasteiger partial charge in [0.15, 0.2) is 0 Å². The third-order valence-electron chi connectivity index (χ3n) is 4.06. The van der Waals surface area contributed by atoms with E-state index in [-0.39, 0.29) is 31.0 Å². The van der Waals surface area contributed by atoms with Crippen LogP contribution in [0, 0.1) is 0 Å². The van der Waals surface area contributed by atoms with Gasteiger partial charge in [0.2, 0.25) is 5.91 Å². The standard InChI is InChI=1S/C17H22N2O5/c1-2-3-9-24-15(21)8-7-13(16(18)22)19-10-12-11(17(19)23)5-4-6-14(12)20/h4-6,13,20H,2-3,7-10H2,1H3,(H2,18,22)/t13-/m0/s1. The van der Waals surface area contributed by atoms with Crippen LogP contribution in [0.2, 0.25) is 0 Å². The van der Waals surface area contributed by atoms with E-state index in [4.69, 9.17) is 10.5 Å². The van der Waals surface area contributed by atoms with Gasteiger partial charge in [-0.1, -0.05) is 19.4 Å². The van der Waals surface area contributed by atoms with Crippen molar-refractivity contribution in [2.75, 3.05) is 6.61 Å². The van der Waals surface area contributed by atoms with E-state index in [1.807, 2.05) is 6.92 Å². The Labute approximate surface area is 140 Å². The van der Waals surface area contributed by atoms with Crippen molar-refractivity contribution in [3.63, 3.8) is 0 Å². The second-order valence-corrected chi connectivity index (χ2v) is 5.77. The predicted octanol–water partition coefficient (Wildman–Crippen LogP) is 1.33. The molecule has 0 spiro atoms. The van der Waals surface area contributed by atoms with Crippen molar-refractivity contribution < 1.29 is 24.2 Å². The summed E-state index contributed by atoms with van der Waals surface area (Å²) in [5, 5.41) is 9.86. The molecule has 0 aliphatic carbocycles. The molecule has 24 heavy (non-hydrogen) atoms. The van der Waals surface area contributed by atoms with Gasteiger partial charge in [0, 0.05) is 17.5 Å². The monoisotopic (exact) mass is 334 g/mol. The van der Waals surface area contributed by atoms with Gasteiger partial charge in [-0.25, -0.2) is 0 Å². The van der Waals surface area contributed by atoms with Crippen LogP contribution in [0.15, 0.2) is 18.2 Å². The summed E-state index contributed by atoms with van der Waals surface area (Å²) in [5.74, 6) is -1.46. The fourth-order valence-electron chi connectivity index (χ4n) is 2.70. The topological polar surface area (TPSA) is 110 Å². The first-order chi connectivity index (χ1) is 11.5. The predicted molar refractivity (Wildman–Crippen MR) is 86.1 cm³/mol. The Morgan fingerprint density at radius 1 is 1.42 bits per heavy atom. The first-order valence-electron chi connectivity index (χ1n) is 8.02. The molecule has 7 nitrogen and oxygen atoms in total. The molecule has 1 aliphatic heterocycles. The summed E-state index contributed by atoms with van der Waals surface area (Å²) in [6.45, 7) is 2.43. The van der Waals surface area contributed by atoms with Gasteiger partial charge >= 0.3 is 5.97 Å². The van der Waals surface area contributed by atoms with E-state index in [2.05, 4.69) is 0 Å². The largest absolute Gasteiger partial charge is 0.508 e. The normalized spacial score (nSPS) is 14.4. The second-order valence-electron chi connectivity index (χ2n) is 5.77. The van der Waals surface area contributed by atoms with Crippen molar-refractivity contribution in [1.29, 1.82) is 0 Å². The van der Waals surface area contributed by atoms with E-state index in [9.17, 15) is 19.5 Å². The Morgan fingerprint density at radius 3 is 2.79 bits per heavy atom. The number of primary amides is 1. The van der Waals surface area contributed by atoms with Crippen LogP contribution in [0.4, 0.5) is 0 Å². The van der Waals surface area contributed by atoms with Gasteiger partial charge < -0.3 is 20.5 Å². The molecule has 1 heterocycles. The highest BCUT2D eigenvalue weighted by Crippen LogP contribution is 2.31. The van der Waals surface area contributed by atoms with Crippen molar-refractivity contribution in [2.45, 2.75) is 45.2 Å². The Morgan fingerprint density at radius 2 is 2.17 bits per heavy atom. The van der Waals surface area contributed by atoms with Gasteiger partial charge in [-0.05, 0) is 25.0 Å². The van der Waals surface area contributed by atoms with Gasteiger partial charge in [-0.15, -0.1) is 0 Å². The van der Waals surface area contributed by atoms with Crippen molar-refractivity contribution in [2.24, 2.45) is 5.73 Å². The lowest BCUT2D eigenvalue weighted by atomic mass is 10.1. The lowest BCUT2D eigenvalue weighted by Crippen LogP contribution is -2.45. The summed E-state index contributed by atoms with van der Waals surface area (Å²) in [6, 6.07) is 3.73. The highest BCUT2D eigenvalue weighted by Gasteiger charge is 2.36. The molecular formula is C17H22N2O5. The summed E-state index contributed by atoms with van der Waals surface area (Å²) in [4.78, 5) is 37.2. The minimum Gasteiger partial charge on any atom is -0.508 e. The van der Waals surface area contributed by atoms with Crippen LogP contribution in [-0.2, 0) is 20.9 Å². The number of hydrogen-bond acceptors (Lipinski definition) is 5. The lowest BCUT2D eigenvalue weighted by molar-refractivity contribution is -0.144. The number of carbonyl (C=O) groups excluding carboxylic acids is 3. The second kappa shape index (κ2) is 7.81. The number of amides is 2. The number of fused-ring (bicyclic) bond motifs is 1. The molecule has 1 atom stereocenters. The quantitative estimate of drug-likeness (QED) is 0.550. The summed E-state index contributed by atoms with van der Waals surface area (Å²) < 4.78 is 5.05. The lowest BCUT2D eigenvalue weighted by Gasteiger charge is -2.24. The fraction of sp³-hybridized carbons (Fsp3) is 0.471. The van der Waals surface area contributed by atoms with E-state index in [1.54, 1.807) is 12.1 Å². The van der Waals surface area contributed by atoms with Crippen LogP contribution in [0.1, 0.15) is 48.5 Å². The molecule has 2 rings (SSSR count). The average molecular weight is 334 g/mol. The van der Waals surface area contributed by atoms with E-state index in [1.165, 1.54) is 11.0 Å². The van der Waals surface area contributed by atoms with Gasteiger partial charge in [0.25, 0.3) is 5.91 Å². The Bertz CT molecular complexity index is 644. The summed E-state index contributed by atoms with van der Waals surface area (Å²) in [6.07, 6.45) is 1.80. The molecule has 0 radical (unpaired) electrons. The number of esters is 1. The summed E-state index contributed by atoms with van der Waals surface area (Å²) in [7, 11) is 0. The van der Waals surface area contributed by atoms with Crippen molar-refractivity contribution in [3.8, 4) is 5.75 Å². The molecule has 3 N–H and O–H groups in total. The third-order valence-corrected chi connectivity index (χ3v) is 4.06. The first-order valence-corrected chi connectivity index (χ1v) is 8.02. The fourth-order valence-corrected chi connectivity index (χ4v) is 2.70. The van der Waals surface area contributed by atoms with Gasteiger partial charge in [-0.3, -0.25) is 14.4 Å².